The summed E-state index contributed by atoms with van der Waals surface area (Å²) < 4.78 is 5.24. The van der Waals surface area contributed by atoms with Crippen molar-refractivity contribution in [3.8, 4) is 16.9 Å². The maximum atomic E-state index is 13.2. The Bertz CT molecular complexity index is 1600. The number of carbonyl (C=O) groups is 5. The molecule has 0 saturated carbocycles. The number of benzene rings is 3. The van der Waals surface area contributed by atoms with Crippen molar-refractivity contribution in [1.82, 2.24) is 26.2 Å². The molecule has 3 aliphatic heterocycles. The molecule has 0 spiro atoms. The number of amides is 7. The van der Waals surface area contributed by atoms with E-state index >= 15 is 0 Å². The lowest BCUT2D eigenvalue weighted by Crippen LogP contribution is -2.52. The molecule has 2 fully saturated rings. The average Bonchev–Trinajstić information content (AvgIpc) is 3.52. The van der Waals surface area contributed by atoms with E-state index in [-0.39, 0.29) is 12.5 Å². The summed E-state index contributed by atoms with van der Waals surface area (Å²) in [6.07, 6.45) is 0. The molecule has 11 nitrogen and oxygen atoms in total. The lowest BCUT2D eigenvalue weighted by molar-refractivity contribution is -0.125. The van der Waals surface area contributed by atoms with Crippen LogP contribution in [-0.4, -0.2) is 48.3 Å². The van der Waals surface area contributed by atoms with Crippen molar-refractivity contribution in [2.45, 2.75) is 24.5 Å². The lowest BCUT2D eigenvalue weighted by atomic mass is 9.87. The van der Waals surface area contributed by atoms with E-state index in [9.17, 15) is 24.0 Å². The van der Waals surface area contributed by atoms with Gasteiger partial charge in [-0.15, -0.1) is 0 Å². The molecule has 3 aliphatic rings. The van der Waals surface area contributed by atoms with Crippen LogP contribution in [0.15, 0.2) is 66.7 Å². The summed E-state index contributed by atoms with van der Waals surface area (Å²) in [5, 5.41) is 9.96. The molecule has 0 bridgehead atoms. The molecule has 2 saturated heterocycles. The quantitative estimate of drug-likeness (QED) is 0.353. The van der Waals surface area contributed by atoms with Crippen molar-refractivity contribution >= 4 is 29.8 Å². The molecular weight excluding hydrogens is 514 g/mol. The number of hydrogen-bond acceptors (Lipinski definition) is 6. The number of urea groups is 2. The van der Waals surface area contributed by atoms with Crippen molar-refractivity contribution in [2.75, 3.05) is 13.7 Å². The zero-order chi connectivity index (χ0) is 28.2. The van der Waals surface area contributed by atoms with Crippen LogP contribution in [-0.2, 0) is 27.2 Å². The first-order valence-electron chi connectivity index (χ1n) is 12.6. The van der Waals surface area contributed by atoms with E-state index in [1.165, 1.54) is 7.11 Å². The van der Waals surface area contributed by atoms with E-state index in [1.807, 2.05) is 30.3 Å². The highest BCUT2D eigenvalue weighted by atomic mass is 16.5. The maximum absolute atomic E-state index is 13.2. The Morgan fingerprint density at radius 1 is 0.775 bits per heavy atom. The SMILES string of the molecule is COc1ccc2c(c1)C(=O)N(C[C@@]1(c3ccc(-c4ccc(C5(C)NC(=O)NC5=O)cc4)cc3)NC(=O)NC1=O)C2. The molecule has 7 amide bonds. The first kappa shape index (κ1) is 25.1. The number of nitrogens with one attached hydrogen (secondary N) is 4. The Hall–Kier alpha value is -5.19. The lowest BCUT2D eigenvalue weighted by Gasteiger charge is -2.31. The summed E-state index contributed by atoms with van der Waals surface area (Å²) in [4.78, 5) is 64.1. The minimum atomic E-state index is -1.47. The summed E-state index contributed by atoms with van der Waals surface area (Å²) in [5.74, 6) is -0.652. The van der Waals surface area contributed by atoms with Gasteiger partial charge in [0.25, 0.3) is 17.7 Å². The predicted molar refractivity (Wildman–Crippen MR) is 142 cm³/mol. The third kappa shape index (κ3) is 3.85. The van der Waals surface area contributed by atoms with Gasteiger partial charge in [0.1, 0.15) is 11.3 Å². The van der Waals surface area contributed by atoms with Crippen molar-refractivity contribution in [2.24, 2.45) is 0 Å². The summed E-state index contributed by atoms with van der Waals surface area (Å²) >= 11 is 0. The van der Waals surface area contributed by atoms with E-state index in [4.69, 9.17) is 4.74 Å². The van der Waals surface area contributed by atoms with Gasteiger partial charge in [-0.3, -0.25) is 25.0 Å². The van der Waals surface area contributed by atoms with Crippen LogP contribution in [0.2, 0.25) is 0 Å². The van der Waals surface area contributed by atoms with E-state index in [0.717, 1.165) is 16.7 Å². The van der Waals surface area contributed by atoms with Crippen LogP contribution in [0, 0.1) is 0 Å². The highest BCUT2D eigenvalue weighted by Gasteiger charge is 2.50. The van der Waals surface area contributed by atoms with Gasteiger partial charge in [-0.2, -0.15) is 0 Å². The normalized spacial score (nSPS) is 23.4. The number of nitrogens with zero attached hydrogens (tertiary/aromatic N) is 1. The Balaban J connectivity index is 1.27. The molecule has 2 atom stereocenters. The number of carbonyl (C=O) groups excluding carboxylic acids is 5. The van der Waals surface area contributed by atoms with Gasteiger partial charge < -0.3 is 20.3 Å². The topological polar surface area (TPSA) is 146 Å². The minimum absolute atomic E-state index is 0.0547. The van der Waals surface area contributed by atoms with Crippen molar-refractivity contribution in [1.29, 1.82) is 0 Å². The van der Waals surface area contributed by atoms with Crippen LogP contribution in [0.4, 0.5) is 9.59 Å². The fourth-order valence-corrected chi connectivity index (χ4v) is 5.47. The van der Waals surface area contributed by atoms with E-state index in [1.54, 1.807) is 48.2 Å². The fourth-order valence-electron chi connectivity index (χ4n) is 5.47. The molecule has 0 aromatic heterocycles. The van der Waals surface area contributed by atoms with Gasteiger partial charge in [0.15, 0.2) is 5.54 Å². The highest BCUT2D eigenvalue weighted by molar-refractivity contribution is 6.09. The Kier molecular flexibility index (Phi) is 5.61. The molecule has 3 heterocycles. The van der Waals surface area contributed by atoms with Crippen molar-refractivity contribution in [3.05, 3.63) is 89.0 Å². The molecule has 3 aromatic carbocycles. The van der Waals surface area contributed by atoms with Gasteiger partial charge in [0.05, 0.1) is 13.7 Å². The van der Waals surface area contributed by atoms with Crippen LogP contribution >= 0.6 is 0 Å². The number of ether oxygens (including phenoxy) is 1. The standard InChI is InChI=1S/C29H25N5O6/c1-28(24(36)30-26(38)32-28)19-8-3-16(4-9-19)17-5-10-20(11-6-17)29(25(37)31-27(39)33-29)15-34-14-18-7-12-21(40-2)13-22(18)23(34)35/h3-13H,14-15H2,1-2H3,(H2,30,32,36,38)(H2,31,33,37,39)/t28?,29-/m0/s1. The van der Waals surface area contributed by atoms with Crippen LogP contribution < -0.4 is 26.0 Å². The molecule has 0 aliphatic carbocycles. The Labute approximate surface area is 228 Å². The number of fused-ring (bicyclic) bond motifs is 1. The molecule has 11 heteroatoms. The summed E-state index contributed by atoms with van der Waals surface area (Å²) in [6.45, 7) is 1.88. The van der Waals surface area contributed by atoms with E-state index in [2.05, 4.69) is 21.3 Å². The van der Waals surface area contributed by atoms with E-state index in [0.29, 0.717) is 29.0 Å². The minimum Gasteiger partial charge on any atom is -0.497 e. The van der Waals surface area contributed by atoms with Gasteiger partial charge in [0, 0.05) is 12.1 Å². The molecule has 202 valence electrons. The second-order valence-corrected chi connectivity index (χ2v) is 10.2. The largest absolute Gasteiger partial charge is 0.497 e. The van der Waals surface area contributed by atoms with Crippen LogP contribution in [0.25, 0.3) is 11.1 Å². The van der Waals surface area contributed by atoms with Gasteiger partial charge in [-0.25, -0.2) is 9.59 Å². The first-order chi connectivity index (χ1) is 19.1. The monoisotopic (exact) mass is 539 g/mol. The third-order valence-electron chi connectivity index (χ3n) is 7.78. The van der Waals surface area contributed by atoms with Gasteiger partial charge in [0.2, 0.25) is 0 Å². The molecule has 6 rings (SSSR count). The molecule has 3 aromatic rings. The molecular formula is C29H25N5O6. The van der Waals surface area contributed by atoms with Crippen molar-refractivity contribution in [3.63, 3.8) is 0 Å². The molecule has 4 N–H and O–H groups in total. The van der Waals surface area contributed by atoms with Gasteiger partial charge in [-0.1, -0.05) is 54.6 Å². The number of methoxy groups -OCH3 is 1. The number of imide groups is 2. The zero-order valence-electron chi connectivity index (χ0n) is 21.7. The van der Waals surface area contributed by atoms with Crippen LogP contribution in [0.5, 0.6) is 5.75 Å². The summed E-state index contributed by atoms with van der Waals surface area (Å²) in [6, 6.07) is 18.4. The number of hydrogen-bond donors (Lipinski definition) is 4. The molecule has 1 unspecified atom stereocenters. The predicted octanol–water partition coefficient (Wildman–Crippen LogP) is 2.11. The van der Waals surface area contributed by atoms with Crippen LogP contribution in [0.1, 0.15) is 34.0 Å². The first-order valence-corrected chi connectivity index (χ1v) is 12.6. The maximum Gasteiger partial charge on any atom is 0.322 e. The Morgan fingerprint density at radius 2 is 1.38 bits per heavy atom. The molecule has 40 heavy (non-hydrogen) atoms. The molecule has 0 radical (unpaired) electrons. The van der Waals surface area contributed by atoms with E-state index < -0.39 is 35.0 Å². The second-order valence-electron chi connectivity index (χ2n) is 10.2. The third-order valence-corrected chi connectivity index (χ3v) is 7.78. The fraction of sp³-hybridized carbons (Fsp3) is 0.207. The summed E-state index contributed by atoms with van der Waals surface area (Å²) in [5.41, 5.74) is 1.52. The zero-order valence-corrected chi connectivity index (χ0v) is 21.7. The van der Waals surface area contributed by atoms with Gasteiger partial charge >= 0.3 is 12.1 Å². The van der Waals surface area contributed by atoms with Crippen molar-refractivity contribution < 1.29 is 28.7 Å². The van der Waals surface area contributed by atoms with Gasteiger partial charge in [-0.05, 0) is 46.9 Å². The Morgan fingerprint density at radius 3 is 1.93 bits per heavy atom. The second kappa shape index (κ2) is 8.94. The highest BCUT2D eigenvalue weighted by Crippen LogP contribution is 2.34. The smallest absolute Gasteiger partial charge is 0.322 e. The van der Waals surface area contributed by atoms with Crippen LogP contribution in [0.3, 0.4) is 0 Å². The average molecular weight is 540 g/mol. The number of rotatable bonds is 6. The summed E-state index contributed by atoms with van der Waals surface area (Å²) in [7, 11) is 1.53.